The number of nitrogens with one attached hydrogen (secondary N) is 1. The van der Waals surface area contributed by atoms with Crippen LogP contribution >= 0.6 is 0 Å². The van der Waals surface area contributed by atoms with E-state index < -0.39 is 0 Å². The van der Waals surface area contributed by atoms with Gasteiger partial charge in [0, 0.05) is 38.9 Å². The summed E-state index contributed by atoms with van der Waals surface area (Å²) in [6.07, 6.45) is 1.61. The first kappa shape index (κ1) is 17.8. The molecule has 0 aromatic heterocycles. The van der Waals surface area contributed by atoms with Crippen LogP contribution in [0.5, 0.6) is 0 Å². The van der Waals surface area contributed by atoms with Crippen molar-refractivity contribution in [2.24, 2.45) is 5.92 Å². The van der Waals surface area contributed by atoms with Crippen LogP contribution in [0.15, 0.2) is 36.0 Å². The third-order valence-electron chi connectivity index (χ3n) is 3.86. The minimum Gasteiger partial charge on any atom is -0.373 e. The first-order valence-corrected chi connectivity index (χ1v) is 8.15. The number of halogens is 1. The lowest BCUT2D eigenvalue weighted by molar-refractivity contribution is -0.117. The molecule has 0 atom stereocenters. The molecule has 1 aliphatic heterocycles. The number of anilines is 1. The van der Waals surface area contributed by atoms with E-state index in [1.54, 1.807) is 18.3 Å². The Morgan fingerprint density at radius 3 is 2.58 bits per heavy atom. The summed E-state index contributed by atoms with van der Waals surface area (Å²) in [5, 5.41) is 11.9. The van der Waals surface area contributed by atoms with Gasteiger partial charge in [0.05, 0.1) is 5.69 Å². The second-order valence-electron chi connectivity index (χ2n) is 6.23. The van der Waals surface area contributed by atoms with Crippen LogP contribution in [0.1, 0.15) is 13.8 Å². The van der Waals surface area contributed by atoms with E-state index in [1.807, 2.05) is 35.8 Å². The molecule has 1 saturated heterocycles. The van der Waals surface area contributed by atoms with Gasteiger partial charge in [-0.25, -0.2) is 4.39 Å². The predicted octanol–water partition coefficient (Wildman–Crippen LogP) is 2.13. The van der Waals surface area contributed by atoms with Crippen LogP contribution in [0.4, 0.5) is 10.1 Å². The molecular formula is C18H23FN4O. The molecule has 1 aliphatic rings. The molecule has 1 heterocycles. The SMILES string of the molecule is CC(C)CNC(=O)/C(C#N)=C\N1CCN(c2ccccc2F)CC1. The number of nitriles is 1. The summed E-state index contributed by atoms with van der Waals surface area (Å²) in [5.41, 5.74) is 0.700. The minimum absolute atomic E-state index is 0.106. The number of para-hydroxylation sites is 1. The molecule has 0 bridgehead atoms. The highest BCUT2D eigenvalue weighted by Gasteiger charge is 2.19. The van der Waals surface area contributed by atoms with Crippen molar-refractivity contribution in [3.05, 3.63) is 41.9 Å². The van der Waals surface area contributed by atoms with E-state index in [2.05, 4.69) is 5.32 Å². The summed E-state index contributed by atoms with van der Waals surface area (Å²) in [7, 11) is 0. The Balaban J connectivity index is 1.94. The number of hydrogen-bond acceptors (Lipinski definition) is 4. The van der Waals surface area contributed by atoms with E-state index in [1.165, 1.54) is 6.07 Å². The summed E-state index contributed by atoms with van der Waals surface area (Å²) in [6.45, 7) is 7.09. The fourth-order valence-corrected chi connectivity index (χ4v) is 2.51. The summed E-state index contributed by atoms with van der Waals surface area (Å²) in [5.74, 6) is -0.242. The zero-order chi connectivity index (χ0) is 17.5. The monoisotopic (exact) mass is 330 g/mol. The third kappa shape index (κ3) is 4.72. The van der Waals surface area contributed by atoms with Crippen molar-refractivity contribution in [1.82, 2.24) is 10.2 Å². The second-order valence-corrected chi connectivity index (χ2v) is 6.23. The van der Waals surface area contributed by atoms with Crippen LogP contribution in [-0.2, 0) is 4.79 Å². The average Bonchev–Trinajstić information content (AvgIpc) is 2.58. The molecule has 1 fully saturated rings. The summed E-state index contributed by atoms with van der Waals surface area (Å²) in [4.78, 5) is 15.9. The van der Waals surface area contributed by atoms with E-state index in [0.717, 1.165) is 0 Å². The molecule has 1 amide bonds. The van der Waals surface area contributed by atoms with Gasteiger partial charge >= 0.3 is 0 Å². The number of carbonyl (C=O) groups is 1. The topological polar surface area (TPSA) is 59.4 Å². The molecule has 1 N–H and O–H groups in total. The molecule has 0 spiro atoms. The fourth-order valence-electron chi connectivity index (χ4n) is 2.51. The van der Waals surface area contributed by atoms with Crippen molar-refractivity contribution in [2.75, 3.05) is 37.6 Å². The van der Waals surface area contributed by atoms with Gasteiger partial charge in [-0.1, -0.05) is 26.0 Å². The first-order chi connectivity index (χ1) is 11.5. The van der Waals surface area contributed by atoms with E-state index in [-0.39, 0.29) is 17.3 Å². The van der Waals surface area contributed by atoms with Gasteiger partial charge in [0.1, 0.15) is 17.5 Å². The standard InChI is InChI=1S/C18H23FN4O/c1-14(2)12-21-18(24)15(11-20)13-22-7-9-23(10-8-22)17-6-4-3-5-16(17)19/h3-6,13-14H,7-10,12H2,1-2H3,(H,21,24)/b15-13-. The zero-order valence-corrected chi connectivity index (χ0v) is 14.1. The highest BCUT2D eigenvalue weighted by Crippen LogP contribution is 2.20. The molecule has 0 unspecified atom stereocenters. The second kappa shape index (κ2) is 8.34. The van der Waals surface area contributed by atoms with Gasteiger partial charge in [-0.3, -0.25) is 4.79 Å². The van der Waals surface area contributed by atoms with Crippen LogP contribution in [0.25, 0.3) is 0 Å². The Labute approximate surface area is 142 Å². The Morgan fingerprint density at radius 2 is 2.00 bits per heavy atom. The Kier molecular flexibility index (Phi) is 6.19. The minimum atomic E-state index is -0.345. The normalized spacial score (nSPS) is 15.4. The van der Waals surface area contributed by atoms with Gasteiger partial charge in [-0.2, -0.15) is 5.26 Å². The maximum atomic E-state index is 13.8. The lowest BCUT2D eigenvalue weighted by atomic mass is 10.2. The van der Waals surface area contributed by atoms with Crippen LogP contribution in [0.2, 0.25) is 0 Å². The van der Waals surface area contributed by atoms with Crippen molar-refractivity contribution in [1.29, 1.82) is 5.26 Å². The Hall–Kier alpha value is -2.55. The largest absolute Gasteiger partial charge is 0.373 e. The predicted molar refractivity (Wildman–Crippen MR) is 91.7 cm³/mol. The number of rotatable bonds is 5. The van der Waals surface area contributed by atoms with Gasteiger partial charge in [-0.15, -0.1) is 0 Å². The van der Waals surface area contributed by atoms with Crippen molar-refractivity contribution in [2.45, 2.75) is 13.8 Å². The van der Waals surface area contributed by atoms with Crippen molar-refractivity contribution >= 4 is 11.6 Å². The molecule has 1 aromatic carbocycles. The van der Waals surface area contributed by atoms with Crippen LogP contribution in [-0.4, -0.2) is 43.5 Å². The summed E-state index contributed by atoms with van der Waals surface area (Å²) >= 11 is 0. The molecule has 0 radical (unpaired) electrons. The fraction of sp³-hybridized carbons (Fsp3) is 0.444. The van der Waals surface area contributed by atoms with E-state index in [0.29, 0.717) is 44.3 Å². The smallest absolute Gasteiger partial charge is 0.263 e. The molecular weight excluding hydrogens is 307 g/mol. The summed E-state index contributed by atoms with van der Waals surface area (Å²) in [6, 6.07) is 8.67. The molecule has 5 nitrogen and oxygen atoms in total. The number of hydrogen-bond donors (Lipinski definition) is 1. The highest BCUT2D eigenvalue weighted by molar-refractivity contribution is 5.97. The maximum Gasteiger partial charge on any atom is 0.263 e. The molecule has 24 heavy (non-hydrogen) atoms. The third-order valence-corrected chi connectivity index (χ3v) is 3.86. The van der Waals surface area contributed by atoms with Crippen LogP contribution < -0.4 is 10.2 Å². The average molecular weight is 330 g/mol. The van der Waals surface area contributed by atoms with Crippen molar-refractivity contribution < 1.29 is 9.18 Å². The zero-order valence-electron chi connectivity index (χ0n) is 14.1. The molecule has 128 valence electrons. The van der Waals surface area contributed by atoms with E-state index in [4.69, 9.17) is 0 Å². The lowest BCUT2D eigenvalue weighted by Gasteiger charge is -2.35. The van der Waals surface area contributed by atoms with E-state index >= 15 is 0 Å². The first-order valence-electron chi connectivity index (χ1n) is 8.15. The number of nitrogens with zero attached hydrogens (tertiary/aromatic N) is 3. The highest BCUT2D eigenvalue weighted by atomic mass is 19.1. The van der Waals surface area contributed by atoms with Crippen LogP contribution in [0, 0.1) is 23.1 Å². The van der Waals surface area contributed by atoms with Gasteiger partial charge in [0.15, 0.2) is 0 Å². The molecule has 2 rings (SSSR count). The number of benzene rings is 1. The molecule has 1 aromatic rings. The van der Waals surface area contributed by atoms with Crippen molar-refractivity contribution in [3.63, 3.8) is 0 Å². The van der Waals surface area contributed by atoms with Gasteiger partial charge < -0.3 is 15.1 Å². The van der Waals surface area contributed by atoms with Gasteiger partial charge in [0.2, 0.25) is 0 Å². The van der Waals surface area contributed by atoms with E-state index in [9.17, 15) is 14.4 Å². The number of piperazine rings is 1. The maximum absolute atomic E-state index is 13.8. The lowest BCUT2D eigenvalue weighted by Crippen LogP contribution is -2.44. The Morgan fingerprint density at radius 1 is 1.33 bits per heavy atom. The van der Waals surface area contributed by atoms with Gasteiger partial charge in [-0.05, 0) is 18.1 Å². The molecule has 0 saturated carbocycles. The quantitative estimate of drug-likeness (QED) is 0.664. The summed E-state index contributed by atoms with van der Waals surface area (Å²) < 4.78 is 13.8. The molecule has 6 heteroatoms. The van der Waals surface area contributed by atoms with Crippen LogP contribution in [0.3, 0.4) is 0 Å². The Bertz CT molecular complexity index is 643. The van der Waals surface area contributed by atoms with Gasteiger partial charge in [0.25, 0.3) is 5.91 Å². The number of carbonyl (C=O) groups excluding carboxylic acids is 1. The molecule has 0 aliphatic carbocycles. The van der Waals surface area contributed by atoms with Crippen molar-refractivity contribution in [3.8, 4) is 6.07 Å². The number of amides is 1.